The molecule has 25 heavy (non-hydrogen) atoms. The van der Waals surface area contributed by atoms with Crippen LogP contribution >= 0.6 is 0 Å². The normalized spacial score (nSPS) is 17.7. The maximum Gasteiger partial charge on any atom is 0.407 e. The number of amides is 2. The molecule has 0 aliphatic carbocycles. The van der Waals surface area contributed by atoms with Crippen molar-refractivity contribution in [1.29, 1.82) is 0 Å². The van der Waals surface area contributed by atoms with E-state index in [0.29, 0.717) is 30.8 Å². The van der Waals surface area contributed by atoms with Gasteiger partial charge in [0.05, 0.1) is 12.7 Å². The number of hydrogen-bond donors (Lipinski definition) is 1. The van der Waals surface area contributed by atoms with E-state index in [-0.39, 0.29) is 18.6 Å². The van der Waals surface area contributed by atoms with E-state index in [1.54, 1.807) is 49.9 Å². The number of carbonyl (C=O) groups is 3. The van der Waals surface area contributed by atoms with Crippen molar-refractivity contribution in [1.82, 2.24) is 10.2 Å². The minimum Gasteiger partial charge on any atom is -0.444 e. The van der Waals surface area contributed by atoms with Gasteiger partial charge < -0.3 is 19.7 Å². The average Bonchev–Trinajstić information content (AvgIpc) is 2.58. The SMILES string of the molecule is CC(C)(C)OC(=O)NCC1CN(C(=O)c2ccc(C=O)cc2)CCO1. The van der Waals surface area contributed by atoms with E-state index in [4.69, 9.17) is 9.47 Å². The lowest BCUT2D eigenvalue weighted by molar-refractivity contribution is -0.0218. The molecule has 1 heterocycles. The molecular formula is C18H24N2O5. The highest BCUT2D eigenvalue weighted by Gasteiger charge is 2.26. The molecule has 7 heteroatoms. The number of hydrogen-bond acceptors (Lipinski definition) is 5. The van der Waals surface area contributed by atoms with Crippen molar-refractivity contribution in [3.63, 3.8) is 0 Å². The molecule has 0 aromatic heterocycles. The second-order valence-electron chi connectivity index (χ2n) is 6.87. The predicted molar refractivity (Wildman–Crippen MR) is 91.7 cm³/mol. The third-order valence-corrected chi connectivity index (χ3v) is 3.59. The smallest absolute Gasteiger partial charge is 0.407 e. The van der Waals surface area contributed by atoms with Gasteiger partial charge in [0.25, 0.3) is 5.91 Å². The second-order valence-corrected chi connectivity index (χ2v) is 6.87. The lowest BCUT2D eigenvalue weighted by Gasteiger charge is -2.33. The highest BCUT2D eigenvalue weighted by molar-refractivity contribution is 5.95. The fourth-order valence-corrected chi connectivity index (χ4v) is 2.43. The topological polar surface area (TPSA) is 84.9 Å². The molecule has 1 aliphatic rings. The Hall–Kier alpha value is -2.41. The zero-order valence-electron chi connectivity index (χ0n) is 14.8. The van der Waals surface area contributed by atoms with Crippen molar-refractivity contribution in [2.24, 2.45) is 0 Å². The van der Waals surface area contributed by atoms with Crippen molar-refractivity contribution in [3.05, 3.63) is 35.4 Å². The predicted octanol–water partition coefficient (Wildman–Crippen LogP) is 1.86. The van der Waals surface area contributed by atoms with E-state index < -0.39 is 11.7 Å². The molecule has 1 unspecified atom stereocenters. The number of aldehydes is 1. The molecule has 0 radical (unpaired) electrons. The summed E-state index contributed by atoms with van der Waals surface area (Å²) in [5, 5.41) is 2.66. The monoisotopic (exact) mass is 348 g/mol. The van der Waals surface area contributed by atoms with Crippen LogP contribution in [0.2, 0.25) is 0 Å². The van der Waals surface area contributed by atoms with Gasteiger partial charge in [0.1, 0.15) is 11.9 Å². The van der Waals surface area contributed by atoms with Crippen LogP contribution in [0, 0.1) is 0 Å². The van der Waals surface area contributed by atoms with E-state index in [1.165, 1.54) is 0 Å². The van der Waals surface area contributed by atoms with Crippen molar-refractivity contribution in [3.8, 4) is 0 Å². The first-order valence-corrected chi connectivity index (χ1v) is 8.21. The summed E-state index contributed by atoms with van der Waals surface area (Å²) >= 11 is 0. The zero-order chi connectivity index (χ0) is 18.4. The lowest BCUT2D eigenvalue weighted by Crippen LogP contribution is -2.50. The molecule has 0 bridgehead atoms. The summed E-state index contributed by atoms with van der Waals surface area (Å²) in [6.45, 7) is 6.91. The third-order valence-electron chi connectivity index (χ3n) is 3.59. The van der Waals surface area contributed by atoms with Crippen LogP contribution in [0.25, 0.3) is 0 Å². The molecule has 136 valence electrons. The molecule has 1 aliphatic heterocycles. The maximum absolute atomic E-state index is 12.5. The summed E-state index contributed by atoms with van der Waals surface area (Å²) in [7, 11) is 0. The molecule has 1 fully saturated rings. The van der Waals surface area contributed by atoms with Crippen LogP contribution in [0.1, 0.15) is 41.5 Å². The van der Waals surface area contributed by atoms with Crippen LogP contribution in [-0.4, -0.2) is 61.1 Å². The molecule has 1 atom stereocenters. The molecule has 7 nitrogen and oxygen atoms in total. The Kier molecular flexibility index (Phi) is 6.14. The van der Waals surface area contributed by atoms with Gasteiger partial charge in [0.15, 0.2) is 0 Å². The molecule has 1 saturated heterocycles. The Balaban J connectivity index is 1.88. The number of benzene rings is 1. The summed E-state index contributed by atoms with van der Waals surface area (Å²) in [5.74, 6) is -0.122. The van der Waals surface area contributed by atoms with Gasteiger partial charge in [0.2, 0.25) is 0 Å². The van der Waals surface area contributed by atoms with Gasteiger partial charge in [-0.1, -0.05) is 12.1 Å². The highest BCUT2D eigenvalue weighted by atomic mass is 16.6. The molecular weight excluding hydrogens is 324 g/mol. The van der Waals surface area contributed by atoms with Gasteiger partial charge in [-0.15, -0.1) is 0 Å². The summed E-state index contributed by atoms with van der Waals surface area (Å²) in [5.41, 5.74) is 0.483. The number of alkyl carbamates (subject to hydrolysis) is 1. The first-order valence-electron chi connectivity index (χ1n) is 8.21. The molecule has 2 rings (SSSR count). The van der Waals surface area contributed by atoms with Crippen LogP contribution in [0.4, 0.5) is 4.79 Å². The number of morpholine rings is 1. The van der Waals surface area contributed by atoms with Crippen molar-refractivity contribution < 1.29 is 23.9 Å². The Labute approximate surface area is 147 Å². The molecule has 0 spiro atoms. The number of carbonyl (C=O) groups excluding carboxylic acids is 3. The summed E-state index contributed by atoms with van der Waals surface area (Å²) in [6, 6.07) is 6.50. The van der Waals surface area contributed by atoms with Crippen LogP contribution < -0.4 is 5.32 Å². The first-order chi connectivity index (χ1) is 11.8. The molecule has 1 aromatic rings. The van der Waals surface area contributed by atoms with Crippen LogP contribution in [0.5, 0.6) is 0 Å². The van der Waals surface area contributed by atoms with Crippen molar-refractivity contribution in [2.75, 3.05) is 26.2 Å². The van der Waals surface area contributed by atoms with E-state index in [9.17, 15) is 14.4 Å². The largest absolute Gasteiger partial charge is 0.444 e. The van der Waals surface area contributed by atoms with Crippen molar-refractivity contribution >= 4 is 18.3 Å². The van der Waals surface area contributed by atoms with E-state index in [1.807, 2.05) is 0 Å². The molecule has 0 saturated carbocycles. The van der Waals surface area contributed by atoms with E-state index >= 15 is 0 Å². The van der Waals surface area contributed by atoms with Gasteiger partial charge in [-0.2, -0.15) is 0 Å². The lowest BCUT2D eigenvalue weighted by atomic mass is 10.1. The van der Waals surface area contributed by atoms with Gasteiger partial charge >= 0.3 is 6.09 Å². The van der Waals surface area contributed by atoms with Gasteiger partial charge in [-0.05, 0) is 32.9 Å². The summed E-state index contributed by atoms with van der Waals surface area (Å²) in [4.78, 5) is 36.6. The van der Waals surface area contributed by atoms with Crippen LogP contribution in [0.3, 0.4) is 0 Å². The number of ether oxygens (including phenoxy) is 2. The minimum absolute atomic E-state index is 0.122. The van der Waals surface area contributed by atoms with Gasteiger partial charge in [-0.3, -0.25) is 9.59 Å². The fraction of sp³-hybridized carbons (Fsp3) is 0.500. The highest BCUT2D eigenvalue weighted by Crippen LogP contribution is 2.12. The van der Waals surface area contributed by atoms with Gasteiger partial charge in [0, 0.05) is 30.8 Å². The Morgan fingerprint density at radius 2 is 2.00 bits per heavy atom. The van der Waals surface area contributed by atoms with E-state index in [0.717, 1.165) is 6.29 Å². The quantitative estimate of drug-likeness (QED) is 0.840. The Morgan fingerprint density at radius 3 is 2.60 bits per heavy atom. The standard InChI is InChI=1S/C18H24N2O5/c1-18(2,3)25-17(23)19-10-15-11-20(8-9-24-15)16(22)14-6-4-13(12-21)5-7-14/h4-7,12,15H,8-11H2,1-3H3,(H,19,23). The number of nitrogens with zero attached hydrogens (tertiary/aromatic N) is 1. The van der Waals surface area contributed by atoms with Gasteiger partial charge in [-0.25, -0.2) is 4.79 Å². The first kappa shape index (κ1) is 18.9. The van der Waals surface area contributed by atoms with E-state index in [2.05, 4.69) is 5.32 Å². The molecule has 2 amide bonds. The fourth-order valence-electron chi connectivity index (χ4n) is 2.43. The average molecular weight is 348 g/mol. The summed E-state index contributed by atoms with van der Waals surface area (Å²) < 4.78 is 10.8. The Morgan fingerprint density at radius 1 is 1.32 bits per heavy atom. The summed E-state index contributed by atoms with van der Waals surface area (Å²) in [6.07, 6.45) is -0.0649. The second kappa shape index (κ2) is 8.11. The van der Waals surface area contributed by atoms with Crippen LogP contribution in [-0.2, 0) is 9.47 Å². The van der Waals surface area contributed by atoms with Crippen molar-refractivity contribution in [2.45, 2.75) is 32.5 Å². The molecule has 1 aromatic carbocycles. The van der Waals surface area contributed by atoms with Crippen LogP contribution in [0.15, 0.2) is 24.3 Å². The Bertz CT molecular complexity index is 621. The third kappa shape index (κ3) is 5.86. The number of nitrogens with one attached hydrogen (secondary N) is 1. The number of rotatable bonds is 4. The maximum atomic E-state index is 12.5. The minimum atomic E-state index is -0.562. The molecule has 1 N–H and O–H groups in total. The zero-order valence-corrected chi connectivity index (χ0v) is 14.8.